The van der Waals surface area contributed by atoms with Crippen molar-refractivity contribution in [3.63, 3.8) is 0 Å². The molecule has 0 radical (unpaired) electrons. The Balaban J connectivity index is 2.10. The monoisotopic (exact) mass is 382 g/mol. The number of phenolic OH excluding ortho intramolecular Hbond substituents is 1. The predicted molar refractivity (Wildman–Crippen MR) is 87.5 cm³/mol. The van der Waals surface area contributed by atoms with Crippen LogP contribution in [-0.2, 0) is 28.6 Å². The summed E-state index contributed by atoms with van der Waals surface area (Å²) in [5.74, 6) is -3.12. The first-order valence-corrected chi connectivity index (χ1v) is 7.68. The van der Waals surface area contributed by atoms with E-state index < -0.39 is 42.3 Å². The molecule has 1 aliphatic rings. The molecule has 10 heteroatoms. The molecule has 0 aromatic heterocycles. The minimum atomic E-state index is -1.93. The van der Waals surface area contributed by atoms with Crippen LogP contribution in [0.25, 0.3) is 6.08 Å². The number of cyclic esters (lactones) is 1. The van der Waals surface area contributed by atoms with Crippen molar-refractivity contribution >= 4 is 24.0 Å². The van der Waals surface area contributed by atoms with E-state index in [0.717, 1.165) is 13.2 Å². The second-order valence-corrected chi connectivity index (χ2v) is 5.48. The third-order valence-electron chi connectivity index (χ3n) is 3.75. The molecule has 10 nitrogen and oxygen atoms in total. The topological polar surface area (TPSA) is 149 Å². The summed E-state index contributed by atoms with van der Waals surface area (Å²) in [7, 11) is 2.37. The first-order chi connectivity index (χ1) is 12.8. The fourth-order valence-corrected chi connectivity index (χ4v) is 2.35. The summed E-state index contributed by atoms with van der Waals surface area (Å²) in [4.78, 5) is 34.9. The van der Waals surface area contributed by atoms with Crippen LogP contribution in [0, 0.1) is 0 Å². The van der Waals surface area contributed by atoms with Gasteiger partial charge in [0.15, 0.2) is 35.9 Å². The maximum atomic E-state index is 12.0. The van der Waals surface area contributed by atoms with Crippen molar-refractivity contribution in [1.29, 1.82) is 0 Å². The molecule has 0 spiro atoms. The lowest BCUT2D eigenvalue weighted by Gasteiger charge is -2.21. The number of rotatable bonds is 6. The standard InChI is InChI=1S/C17H18O10/c1-24-10-7-8(3-5-9(10)18)4-6-11(19)26-14-13(21)17(23)27-15(14)12(20)16(22)25-2/h3-7,12-15,18,20-21H,1-2H3/b6-4+/t12-,13-,14-,15+/m1/s1. The van der Waals surface area contributed by atoms with Crippen LogP contribution in [0.2, 0.25) is 0 Å². The summed E-state index contributed by atoms with van der Waals surface area (Å²) in [6.07, 6.45) is -4.67. The van der Waals surface area contributed by atoms with Gasteiger partial charge >= 0.3 is 17.9 Å². The van der Waals surface area contributed by atoms with Crippen LogP contribution in [0.15, 0.2) is 24.3 Å². The largest absolute Gasteiger partial charge is 0.504 e. The molecule has 1 aliphatic heterocycles. The molecule has 1 aromatic rings. The van der Waals surface area contributed by atoms with Gasteiger partial charge in [0.1, 0.15) is 0 Å². The van der Waals surface area contributed by atoms with E-state index in [2.05, 4.69) is 4.74 Å². The molecule has 0 saturated carbocycles. The number of carbonyl (C=O) groups is 3. The second kappa shape index (κ2) is 8.52. The maximum absolute atomic E-state index is 12.0. The molecule has 27 heavy (non-hydrogen) atoms. The van der Waals surface area contributed by atoms with Crippen LogP contribution in [0.4, 0.5) is 0 Å². The zero-order valence-electron chi connectivity index (χ0n) is 14.4. The number of hydrogen-bond acceptors (Lipinski definition) is 10. The van der Waals surface area contributed by atoms with Gasteiger partial charge < -0.3 is 34.3 Å². The number of carbonyl (C=O) groups excluding carboxylic acids is 3. The second-order valence-electron chi connectivity index (χ2n) is 5.48. The van der Waals surface area contributed by atoms with E-state index in [0.29, 0.717) is 5.56 Å². The van der Waals surface area contributed by atoms with Gasteiger partial charge in [-0.25, -0.2) is 14.4 Å². The first kappa shape index (κ1) is 20.2. The number of aliphatic hydroxyl groups is 2. The smallest absolute Gasteiger partial charge is 0.339 e. The van der Waals surface area contributed by atoms with E-state index in [1.807, 2.05) is 0 Å². The normalized spacial score (nSPS) is 23.0. The Morgan fingerprint density at radius 1 is 1.30 bits per heavy atom. The average molecular weight is 382 g/mol. The van der Waals surface area contributed by atoms with Gasteiger partial charge in [0.05, 0.1) is 14.2 Å². The quantitative estimate of drug-likeness (QED) is 0.322. The molecule has 1 aromatic carbocycles. The SMILES string of the molecule is COC(=O)[C@H](O)[C@@H]1OC(=O)[C@H](O)[C@H]1OC(=O)/C=C/c1ccc(O)c(OC)c1. The van der Waals surface area contributed by atoms with E-state index in [4.69, 9.17) is 14.2 Å². The van der Waals surface area contributed by atoms with E-state index in [9.17, 15) is 29.7 Å². The van der Waals surface area contributed by atoms with Crippen molar-refractivity contribution in [1.82, 2.24) is 0 Å². The van der Waals surface area contributed by atoms with Gasteiger partial charge in [-0.1, -0.05) is 6.07 Å². The summed E-state index contributed by atoms with van der Waals surface area (Å²) < 4.78 is 18.9. The molecular weight excluding hydrogens is 364 g/mol. The number of methoxy groups -OCH3 is 2. The molecule has 1 saturated heterocycles. The molecule has 3 N–H and O–H groups in total. The molecule has 146 valence electrons. The minimum Gasteiger partial charge on any atom is -0.504 e. The van der Waals surface area contributed by atoms with Crippen molar-refractivity contribution in [2.24, 2.45) is 0 Å². The lowest BCUT2D eigenvalue weighted by atomic mass is 10.1. The average Bonchev–Trinajstić information content (AvgIpc) is 2.94. The van der Waals surface area contributed by atoms with E-state index in [1.54, 1.807) is 0 Å². The number of aliphatic hydroxyl groups excluding tert-OH is 2. The van der Waals surface area contributed by atoms with E-state index in [-0.39, 0.29) is 11.5 Å². The van der Waals surface area contributed by atoms with Crippen LogP contribution in [0.1, 0.15) is 5.56 Å². The Kier molecular flexibility index (Phi) is 6.37. The fourth-order valence-electron chi connectivity index (χ4n) is 2.35. The van der Waals surface area contributed by atoms with Gasteiger partial charge in [-0.15, -0.1) is 0 Å². The molecule has 1 fully saturated rings. The van der Waals surface area contributed by atoms with Gasteiger partial charge in [-0.05, 0) is 23.8 Å². The predicted octanol–water partition coefficient (Wildman–Crippen LogP) is -0.854. The number of esters is 3. The lowest BCUT2D eigenvalue weighted by molar-refractivity contribution is -0.169. The zero-order chi connectivity index (χ0) is 20.1. The van der Waals surface area contributed by atoms with Gasteiger partial charge in [0, 0.05) is 6.08 Å². The van der Waals surface area contributed by atoms with Crippen LogP contribution >= 0.6 is 0 Å². The van der Waals surface area contributed by atoms with Crippen molar-refractivity contribution < 1.29 is 48.7 Å². The van der Waals surface area contributed by atoms with Crippen LogP contribution < -0.4 is 4.74 Å². The van der Waals surface area contributed by atoms with Crippen molar-refractivity contribution in [3.8, 4) is 11.5 Å². The highest BCUT2D eigenvalue weighted by atomic mass is 16.6. The molecular formula is C17H18O10. The molecule has 4 atom stereocenters. The van der Waals surface area contributed by atoms with Crippen LogP contribution in [0.5, 0.6) is 11.5 Å². The molecule has 0 bridgehead atoms. The zero-order valence-corrected chi connectivity index (χ0v) is 14.4. The van der Waals surface area contributed by atoms with Crippen molar-refractivity contribution in [2.45, 2.75) is 24.4 Å². The van der Waals surface area contributed by atoms with Gasteiger partial charge in [-0.2, -0.15) is 0 Å². The van der Waals surface area contributed by atoms with Crippen LogP contribution in [-0.4, -0.2) is 71.9 Å². The molecule has 1 heterocycles. The van der Waals surface area contributed by atoms with E-state index >= 15 is 0 Å². The Morgan fingerprint density at radius 2 is 2.00 bits per heavy atom. The van der Waals surface area contributed by atoms with Gasteiger partial charge in [0.2, 0.25) is 0 Å². The Hall–Kier alpha value is -3.11. The highest BCUT2D eigenvalue weighted by molar-refractivity contribution is 5.88. The number of benzene rings is 1. The Bertz CT molecular complexity index is 756. The third-order valence-corrected chi connectivity index (χ3v) is 3.75. The first-order valence-electron chi connectivity index (χ1n) is 7.68. The van der Waals surface area contributed by atoms with E-state index in [1.165, 1.54) is 31.4 Å². The third kappa shape index (κ3) is 4.54. The number of phenols is 1. The molecule has 0 unspecified atom stereocenters. The maximum Gasteiger partial charge on any atom is 0.339 e. The minimum absolute atomic E-state index is 0.0818. The fraction of sp³-hybridized carbons (Fsp3) is 0.353. The highest BCUT2D eigenvalue weighted by Gasteiger charge is 2.51. The van der Waals surface area contributed by atoms with Crippen molar-refractivity contribution in [3.05, 3.63) is 29.8 Å². The summed E-state index contributed by atoms with van der Waals surface area (Å²) in [6.45, 7) is 0. The van der Waals surface area contributed by atoms with Crippen LogP contribution in [0.3, 0.4) is 0 Å². The summed E-state index contributed by atoms with van der Waals surface area (Å²) in [6, 6.07) is 4.32. The summed E-state index contributed by atoms with van der Waals surface area (Å²) >= 11 is 0. The number of ether oxygens (including phenoxy) is 4. The Labute approximate surface area is 153 Å². The lowest BCUT2D eigenvalue weighted by Crippen LogP contribution is -2.45. The van der Waals surface area contributed by atoms with Gasteiger partial charge in [0.25, 0.3) is 0 Å². The molecule has 2 rings (SSSR count). The summed E-state index contributed by atoms with van der Waals surface area (Å²) in [5, 5.41) is 29.1. The highest BCUT2D eigenvalue weighted by Crippen LogP contribution is 2.27. The Morgan fingerprint density at radius 3 is 2.63 bits per heavy atom. The van der Waals surface area contributed by atoms with Gasteiger partial charge in [-0.3, -0.25) is 0 Å². The number of hydrogen-bond donors (Lipinski definition) is 3. The number of aromatic hydroxyl groups is 1. The van der Waals surface area contributed by atoms with Crippen molar-refractivity contribution in [2.75, 3.05) is 14.2 Å². The summed E-state index contributed by atoms with van der Waals surface area (Å²) in [5.41, 5.74) is 0.493. The molecule has 0 aliphatic carbocycles. The molecule has 0 amide bonds.